The van der Waals surface area contributed by atoms with Gasteiger partial charge >= 0.3 is 5.97 Å². The molecule has 0 saturated heterocycles. The molecule has 1 aromatic rings. The number of primary amides is 1. The fourth-order valence-electron chi connectivity index (χ4n) is 3.48. The highest BCUT2D eigenvalue weighted by Gasteiger charge is 2.32. The zero-order valence-corrected chi connectivity index (χ0v) is 22.5. The Bertz CT molecular complexity index is 1060. The van der Waals surface area contributed by atoms with Gasteiger partial charge in [0.1, 0.15) is 36.0 Å². The van der Waals surface area contributed by atoms with Crippen molar-refractivity contribution >= 4 is 35.5 Å². The summed E-state index contributed by atoms with van der Waals surface area (Å²) in [7, 11) is 0. The smallest absolute Gasteiger partial charge is 0.326 e. The average Bonchev–Trinajstić information content (AvgIpc) is 2.89. The minimum absolute atomic E-state index is 0.0399. The molecule has 0 aliphatic carbocycles. The van der Waals surface area contributed by atoms with Crippen molar-refractivity contribution in [3.63, 3.8) is 0 Å². The minimum Gasteiger partial charge on any atom is -0.508 e. The number of carboxylic acid groups (broad SMARTS) is 1. The predicted molar refractivity (Wildman–Crippen MR) is 141 cm³/mol. The maximum atomic E-state index is 13.2. The van der Waals surface area contributed by atoms with E-state index in [0.29, 0.717) is 5.56 Å². The van der Waals surface area contributed by atoms with Crippen LogP contribution < -0.4 is 32.7 Å². The van der Waals surface area contributed by atoms with E-state index < -0.39 is 78.2 Å². The number of carbonyl (C=O) groups excluding carboxylic acids is 5. The molecule has 0 saturated carbocycles. The Labute approximate surface area is 231 Å². The Morgan fingerprint density at radius 3 is 1.70 bits per heavy atom. The molecule has 1 rings (SSSR count). The monoisotopic (exact) mass is 566 g/mol. The summed E-state index contributed by atoms with van der Waals surface area (Å²) in [5, 5.41) is 37.8. The van der Waals surface area contributed by atoms with Gasteiger partial charge in [-0.2, -0.15) is 0 Å². The van der Waals surface area contributed by atoms with Gasteiger partial charge in [0.05, 0.1) is 12.5 Å². The van der Waals surface area contributed by atoms with Crippen molar-refractivity contribution in [3.05, 3.63) is 29.8 Å². The zero-order chi connectivity index (χ0) is 30.6. The lowest BCUT2D eigenvalue weighted by Gasteiger charge is -2.26. The number of aliphatic hydroxyl groups excluding tert-OH is 1. The molecule has 6 atom stereocenters. The lowest BCUT2D eigenvalue weighted by molar-refractivity contribution is -0.142. The third-order valence-electron chi connectivity index (χ3n) is 5.93. The minimum atomic E-state index is -1.56. The molecule has 0 aliphatic heterocycles. The van der Waals surface area contributed by atoms with E-state index in [2.05, 4.69) is 21.3 Å². The van der Waals surface area contributed by atoms with Gasteiger partial charge in [0.15, 0.2) is 0 Å². The molecule has 5 amide bonds. The van der Waals surface area contributed by atoms with Crippen LogP contribution in [0, 0.1) is 0 Å². The normalized spacial score (nSPS) is 15.3. The number of carboxylic acids is 1. The van der Waals surface area contributed by atoms with Crippen LogP contribution in [-0.4, -0.2) is 87.1 Å². The standard InChI is InChI=1S/C25H38N6O9/c1-4-15(28-24(38)20(27)12(3)32)21(35)31-18(11-19(26)34)23(37)30-17(10-13-6-8-14(33)9-7-13)22(36)29-16(5-2)25(39)40/h6-9,12,15-18,20,32-33H,4-5,10-11,27H2,1-3H3,(H2,26,34)(H,28,38)(H,29,36)(H,30,37)(H,31,35)(H,39,40)/t12-,15+,16+,17+,18+,20+/m1/s1. The number of carbonyl (C=O) groups is 6. The SMILES string of the molecule is CC[C@H](NC(=O)[C@H](Cc1ccc(O)cc1)NC(=O)[C@H](CC(N)=O)NC(=O)[C@H](CC)NC(=O)[C@@H](N)[C@@H](C)O)C(=O)O. The summed E-state index contributed by atoms with van der Waals surface area (Å²) in [6.45, 7) is 4.40. The summed E-state index contributed by atoms with van der Waals surface area (Å²) < 4.78 is 0. The molecule has 15 heteroatoms. The Balaban J connectivity index is 3.17. The number of aromatic hydroxyl groups is 1. The van der Waals surface area contributed by atoms with Gasteiger partial charge in [-0.25, -0.2) is 4.79 Å². The van der Waals surface area contributed by atoms with Crippen LogP contribution in [-0.2, 0) is 35.2 Å². The van der Waals surface area contributed by atoms with Crippen LogP contribution in [0.1, 0.15) is 45.6 Å². The van der Waals surface area contributed by atoms with E-state index in [-0.39, 0.29) is 25.0 Å². The van der Waals surface area contributed by atoms with E-state index in [1.165, 1.54) is 31.2 Å². The van der Waals surface area contributed by atoms with Gasteiger partial charge < -0.3 is 48.1 Å². The molecule has 1 aromatic carbocycles. The highest BCUT2D eigenvalue weighted by molar-refractivity contribution is 5.97. The van der Waals surface area contributed by atoms with Crippen LogP contribution in [0.3, 0.4) is 0 Å². The van der Waals surface area contributed by atoms with E-state index in [1.54, 1.807) is 13.8 Å². The molecule has 40 heavy (non-hydrogen) atoms. The van der Waals surface area contributed by atoms with E-state index >= 15 is 0 Å². The number of phenols is 1. The molecule has 0 aromatic heterocycles. The summed E-state index contributed by atoms with van der Waals surface area (Å²) in [5.41, 5.74) is 11.4. The molecule has 0 spiro atoms. The molecule has 0 radical (unpaired) electrons. The van der Waals surface area contributed by atoms with Crippen molar-refractivity contribution in [2.45, 2.75) is 82.8 Å². The number of rotatable bonds is 16. The van der Waals surface area contributed by atoms with Gasteiger partial charge in [-0.3, -0.25) is 24.0 Å². The first kappa shape index (κ1) is 33.8. The van der Waals surface area contributed by atoms with Gasteiger partial charge in [0.25, 0.3) is 0 Å². The first-order valence-electron chi connectivity index (χ1n) is 12.6. The Kier molecular flexibility index (Phi) is 13.5. The Morgan fingerprint density at radius 2 is 1.23 bits per heavy atom. The van der Waals surface area contributed by atoms with Crippen molar-refractivity contribution in [2.24, 2.45) is 11.5 Å². The number of nitrogens with two attached hydrogens (primary N) is 2. The molecule has 0 unspecified atom stereocenters. The maximum absolute atomic E-state index is 13.2. The average molecular weight is 567 g/mol. The number of aliphatic hydroxyl groups is 1. The summed E-state index contributed by atoms with van der Waals surface area (Å²) in [6.07, 6.45) is -1.86. The van der Waals surface area contributed by atoms with Crippen molar-refractivity contribution < 1.29 is 44.1 Å². The van der Waals surface area contributed by atoms with Crippen molar-refractivity contribution in [3.8, 4) is 5.75 Å². The van der Waals surface area contributed by atoms with Crippen LogP contribution in [0.5, 0.6) is 5.75 Å². The number of hydrogen-bond acceptors (Lipinski definition) is 9. The lowest BCUT2D eigenvalue weighted by Crippen LogP contribution is -2.59. The lowest BCUT2D eigenvalue weighted by atomic mass is 10.0. The molecule has 0 bridgehead atoms. The molecule has 0 fully saturated rings. The predicted octanol–water partition coefficient (Wildman–Crippen LogP) is -2.64. The summed E-state index contributed by atoms with van der Waals surface area (Å²) in [6, 6.07) is -0.942. The van der Waals surface area contributed by atoms with Crippen LogP contribution >= 0.6 is 0 Å². The van der Waals surface area contributed by atoms with Gasteiger partial charge in [-0.1, -0.05) is 26.0 Å². The third kappa shape index (κ3) is 10.9. The van der Waals surface area contributed by atoms with Gasteiger partial charge in [0, 0.05) is 6.42 Å². The van der Waals surface area contributed by atoms with Crippen LogP contribution in [0.25, 0.3) is 0 Å². The number of amides is 5. The Morgan fingerprint density at radius 1 is 0.775 bits per heavy atom. The second-order valence-corrected chi connectivity index (χ2v) is 9.21. The summed E-state index contributed by atoms with van der Waals surface area (Å²) in [4.78, 5) is 74.4. The highest BCUT2D eigenvalue weighted by Crippen LogP contribution is 2.12. The topological polar surface area (TPSA) is 263 Å². The quantitative estimate of drug-likeness (QED) is 0.100. The van der Waals surface area contributed by atoms with Crippen LogP contribution in [0.15, 0.2) is 24.3 Å². The fourth-order valence-corrected chi connectivity index (χ4v) is 3.48. The first-order chi connectivity index (χ1) is 18.7. The van der Waals surface area contributed by atoms with E-state index in [9.17, 15) is 44.1 Å². The number of hydrogen-bond donors (Lipinski definition) is 9. The molecule has 0 heterocycles. The molecule has 15 nitrogen and oxygen atoms in total. The number of nitrogens with one attached hydrogen (secondary N) is 4. The zero-order valence-electron chi connectivity index (χ0n) is 22.5. The van der Waals surface area contributed by atoms with Crippen molar-refractivity contribution in [2.75, 3.05) is 0 Å². The highest BCUT2D eigenvalue weighted by atomic mass is 16.4. The Hall–Kier alpha value is -4.24. The molecular formula is C25H38N6O9. The number of phenolic OH excluding ortho intramolecular Hbond substituents is 1. The van der Waals surface area contributed by atoms with Gasteiger partial charge in [-0.15, -0.1) is 0 Å². The molecule has 11 N–H and O–H groups in total. The molecule has 222 valence electrons. The first-order valence-corrected chi connectivity index (χ1v) is 12.6. The van der Waals surface area contributed by atoms with Crippen molar-refractivity contribution in [1.29, 1.82) is 0 Å². The van der Waals surface area contributed by atoms with Crippen LogP contribution in [0.4, 0.5) is 0 Å². The summed E-state index contributed by atoms with van der Waals surface area (Å²) in [5.74, 6) is -5.77. The number of aliphatic carboxylic acids is 1. The molecular weight excluding hydrogens is 528 g/mol. The second-order valence-electron chi connectivity index (χ2n) is 9.21. The summed E-state index contributed by atoms with van der Waals surface area (Å²) >= 11 is 0. The number of benzene rings is 1. The molecule has 0 aliphatic rings. The van der Waals surface area contributed by atoms with Gasteiger partial charge in [0.2, 0.25) is 29.5 Å². The second kappa shape index (κ2) is 16.0. The third-order valence-corrected chi connectivity index (χ3v) is 5.93. The largest absolute Gasteiger partial charge is 0.508 e. The van der Waals surface area contributed by atoms with Crippen LogP contribution in [0.2, 0.25) is 0 Å². The van der Waals surface area contributed by atoms with E-state index in [4.69, 9.17) is 11.5 Å². The van der Waals surface area contributed by atoms with Crippen molar-refractivity contribution in [1.82, 2.24) is 21.3 Å². The van der Waals surface area contributed by atoms with E-state index in [1.807, 2.05) is 0 Å². The maximum Gasteiger partial charge on any atom is 0.326 e. The fraction of sp³-hybridized carbons (Fsp3) is 0.520. The van der Waals surface area contributed by atoms with E-state index in [0.717, 1.165) is 0 Å². The van der Waals surface area contributed by atoms with Gasteiger partial charge in [-0.05, 0) is 37.5 Å².